The van der Waals surface area contributed by atoms with Gasteiger partial charge in [0.15, 0.2) is 0 Å². The van der Waals surface area contributed by atoms with Crippen molar-refractivity contribution in [2.45, 2.75) is 31.7 Å². The van der Waals surface area contributed by atoms with Crippen molar-refractivity contribution in [3.05, 3.63) is 46.6 Å². The zero-order valence-electron chi connectivity index (χ0n) is 14.0. The first kappa shape index (κ1) is 16.5. The van der Waals surface area contributed by atoms with Crippen LogP contribution in [0.25, 0.3) is 0 Å². The third kappa shape index (κ3) is 3.85. The number of nitrogens with zero attached hydrogens (tertiary/aromatic N) is 4. The number of amides is 1. The first-order valence-corrected chi connectivity index (χ1v) is 9.15. The summed E-state index contributed by atoms with van der Waals surface area (Å²) in [5.74, 6) is 1.59. The molecule has 2 aromatic heterocycles. The van der Waals surface area contributed by atoms with Crippen LogP contribution in [0.5, 0.6) is 0 Å². The summed E-state index contributed by atoms with van der Waals surface area (Å²) in [4.78, 5) is 20.8. The van der Waals surface area contributed by atoms with E-state index in [4.69, 9.17) is 16.1 Å². The average Bonchev–Trinajstić information content (AvgIpc) is 3.40. The van der Waals surface area contributed by atoms with Crippen LogP contribution in [0.15, 0.2) is 29.0 Å². The van der Waals surface area contributed by atoms with Crippen LogP contribution in [-0.4, -0.2) is 52.0 Å². The largest absolute Gasteiger partial charge is 0.361 e. The number of hydrogen-bond donors (Lipinski definition) is 0. The van der Waals surface area contributed by atoms with Crippen LogP contribution >= 0.6 is 11.6 Å². The van der Waals surface area contributed by atoms with Crippen LogP contribution in [0, 0.1) is 0 Å². The number of halogens is 1. The Morgan fingerprint density at radius 3 is 2.96 bits per heavy atom. The summed E-state index contributed by atoms with van der Waals surface area (Å²) in [5, 5.41) is 4.60. The van der Waals surface area contributed by atoms with Gasteiger partial charge in [-0.1, -0.05) is 16.8 Å². The maximum atomic E-state index is 12.7. The van der Waals surface area contributed by atoms with Crippen LogP contribution in [0.4, 0.5) is 0 Å². The fourth-order valence-corrected chi connectivity index (χ4v) is 3.44. The molecule has 1 aliphatic heterocycles. The molecule has 0 radical (unpaired) electrons. The van der Waals surface area contributed by atoms with Gasteiger partial charge >= 0.3 is 0 Å². The summed E-state index contributed by atoms with van der Waals surface area (Å²) in [6.07, 6.45) is 6.48. The lowest BCUT2D eigenvalue weighted by Gasteiger charge is -2.21. The summed E-state index contributed by atoms with van der Waals surface area (Å²) in [7, 11) is 0. The predicted molar refractivity (Wildman–Crippen MR) is 93.5 cm³/mol. The van der Waals surface area contributed by atoms with Crippen LogP contribution in [0.1, 0.15) is 47.0 Å². The molecular formula is C18H21ClN4O2. The molecule has 2 aliphatic rings. The van der Waals surface area contributed by atoms with Gasteiger partial charge in [0.05, 0.1) is 16.3 Å². The summed E-state index contributed by atoms with van der Waals surface area (Å²) < 4.78 is 5.43. The molecule has 4 rings (SSSR count). The van der Waals surface area contributed by atoms with Gasteiger partial charge in [-0.3, -0.25) is 14.7 Å². The first-order chi connectivity index (χ1) is 12.2. The van der Waals surface area contributed by atoms with Crippen molar-refractivity contribution in [3.8, 4) is 0 Å². The molecule has 0 aromatic carbocycles. The molecule has 132 valence electrons. The number of aromatic nitrogens is 2. The Balaban J connectivity index is 1.36. The fraction of sp³-hybridized carbons (Fsp3) is 0.500. The number of hydrogen-bond acceptors (Lipinski definition) is 5. The van der Waals surface area contributed by atoms with Crippen molar-refractivity contribution in [3.63, 3.8) is 0 Å². The molecule has 2 aromatic rings. The molecule has 1 saturated heterocycles. The fourth-order valence-electron chi connectivity index (χ4n) is 3.24. The lowest BCUT2D eigenvalue weighted by Crippen LogP contribution is -2.35. The average molecular weight is 361 g/mol. The number of rotatable bonds is 4. The molecule has 1 aliphatic carbocycles. The van der Waals surface area contributed by atoms with E-state index < -0.39 is 0 Å². The highest BCUT2D eigenvalue weighted by Gasteiger charge is 2.28. The molecule has 2 fully saturated rings. The molecule has 1 saturated carbocycles. The van der Waals surface area contributed by atoms with Crippen molar-refractivity contribution in [2.75, 3.05) is 26.2 Å². The Kier molecular flexibility index (Phi) is 4.72. The second kappa shape index (κ2) is 7.14. The topological polar surface area (TPSA) is 62.5 Å². The van der Waals surface area contributed by atoms with E-state index in [1.165, 1.54) is 19.0 Å². The molecular weight excluding hydrogens is 340 g/mol. The summed E-state index contributed by atoms with van der Waals surface area (Å²) >= 11 is 6.11. The van der Waals surface area contributed by atoms with Crippen molar-refractivity contribution in [1.29, 1.82) is 0 Å². The molecule has 6 nitrogen and oxygen atoms in total. The van der Waals surface area contributed by atoms with E-state index in [-0.39, 0.29) is 5.91 Å². The van der Waals surface area contributed by atoms with Crippen molar-refractivity contribution in [1.82, 2.24) is 19.9 Å². The zero-order valence-corrected chi connectivity index (χ0v) is 14.8. The van der Waals surface area contributed by atoms with Gasteiger partial charge in [-0.15, -0.1) is 0 Å². The summed E-state index contributed by atoms with van der Waals surface area (Å²) in [5.41, 5.74) is 1.51. The van der Waals surface area contributed by atoms with Crippen molar-refractivity contribution in [2.24, 2.45) is 0 Å². The second-order valence-corrected chi connectivity index (χ2v) is 7.18. The molecule has 7 heteroatoms. The minimum atomic E-state index is -0.0216. The van der Waals surface area contributed by atoms with Crippen LogP contribution in [-0.2, 0) is 6.54 Å². The van der Waals surface area contributed by atoms with Gasteiger partial charge in [0.2, 0.25) is 0 Å². The van der Waals surface area contributed by atoms with E-state index in [0.717, 1.165) is 44.1 Å². The molecule has 1 amide bonds. The lowest BCUT2D eigenvalue weighted by molar-refractivity contribution is 0.0761. The van der Waals surface area contributed by atoms with Gasteiger partial charge in [-0.05, 0) is 25.3 Å². The Labute approximate surface area is 151 Å². The third-order valence-corrected chi connectivity index (χ3v) is 5.12. The van der Waals surface area contributed by atoms with E-state index >= 15 is 0 Å². The predicted octanol–water partition coefficient (Wildman–Crippen LogP) is 2.95. The number of pyridine rings is 1. The molecule has 3 heterocycles. The summed E-state index contributed by atoms with van der Waals surface area (Å²) in [6, 6.07) is 3.77. The quantitative estimate of drug-likeness (QED) is 0.838. The van der Waals surface area contributed by atoms with E-state index in [0.29, 0.717) is 23.0 Å². The Hall–Kier alpha value is -1.92. The van der Waals surface area contributed by atoms with Gasteiger partial charge in [-0.2, -0.15) is 0 Å². The lowest BCUT2D eigenvalue weighted by atomic mass is 10.2. The first-order valence-electron chi connectivity index (χ1n) is 8.77. The Bertz CT molecular complexity index is 759. The Morgan fingerprint density at radius 2 is 2.16 bits per heavy atom. The zero-order chi connectivity index (χ0) is 17.2. The normalized spacial score (nSPS) is 19.0. The van der Waals surface area contributed by atoms with Gasteiger partial charge < -0.3 is 9.42 Å². The minimum Gasteiger partial charge on any atom is -0.361 e. The Morgan fingerprint density at radius 1 is 1.28 bits per heavy atom. The molecule has 0 bridgehead atoms. The standard InChI is InChI=1S/C18H21ClN4O2/c19-16-11-20-5-4-15(16)18(24)23-7-1-6-22(8-9-23)12-14-10-17(25-21-14)13-2-3-13/h4-5,10-11,13H,1-3,6-9,12H2. The maximum absolute atomic E-state index is 12.7. The van der Waals surface area contributed by atoms with Crippen molar-refractivity contribution >= 4 is 17.5 Å². The van der Waals surface area contributed by atoms with E-state index in [2.05, 4.69) is 21.1 Å². The molecule has 0 unspecified atom stereocenters. The molecule has 25 heavy (non-hydrogen) atoms. The van der Waals surface area contributed by atoms with E-state index in [9.17, 15) is 4.79 Å². The minimum absolute atomic E-state index is 0.0216. The van der Waals surface area contributed by atoms with Gasteiger partial charge in [0.25, 0.3) is 5.91 Å². The highest BCUT2D eigenvalue weighted by Crippen LogP contribution is 2.40. The van der Waals surface area contributed by atoms with Gasteiger partial charge in [0, 0.05) is 57.1 Å². The van der Waals surface area contributed by atoms with Crippen LogP contribution in [0.3, 0.4) is 0 Å². The second-order valence-electron chi connectivity index (χ2n) is 6.77. The smallest absolute Gasteiger partial charge is 0.255 e. The molecule has 0 spiro atoms. The van der Waals surface area contributed by atoms with Crippen molar-refractivity contribution < 1.29 is 9.32 Å². The highest BCUT2D eigenvalue weighted by atomic mass is 35.5. The number of carbonyl (C=O) groups excluding carboxylic acids is 1. The van der Waals surface area contributed by atoms with Crippen LogP contribution < -0.4 is 0 Å². The van der Waals surface area contributed by atoms with Gasteiger partial charge in [-0.25, -0.2) is 0 Å². The monoisotopic (exact) mass is 360 g/mol. The summed E-state index contributed by atoms with van der Waals surface area (Å²) in [6.45, 7) is 3.96. The molecule has 0 atom stereocenters. The highest BCUT2D eigenvalue weighted by molar-refractivity contribution is 6.33. The number of carbonyl (C=O) groups is 1. The van der Waals surface area contributed by atoms with Crippen LogP contribution in [0.2, 0.25) is 5.02 Å². The van der Waals surface area contributed by atoms with E-state index in [1.807, 2.05) is 4.90 Å². The van der Waals surface area contributed by atoms with E-state index in [1.54, 1.807) is 12.3 Å². The molecule has 0 N–H and O–H groups in total. The third-order valence-electron chi connectivity index (χ3n) is 4.82. The maximum Gasteiger partial charge on any atom is 0.255 e. The SMILES string of the molecule is O=C(c1ccncc1Cl)N1CCCN(Cc2cc(C3CC3)on2)CC1. The van der Waals surface area contributed by atoms with Gasteiger partial charge in [0.1, 0.15) is 5.76 Å².